The van der Waals surface area contributed by atoms with E-state index in [9.17, 15) is 15.3 Å². The molecular formula is C17H12N4O2. The first-order valence-electron chi connectivity index (χ1n) is 6.65. The van der Waals surface area contributed by atoms with E-state index in [0.717, 1.165) is 0 Å². The maximum Gasteiger partial charge on any atom is 0.142 e. The Hall–Kier alpha value is -3.60. The van der Waals surface area contributed by atoms with E-state index in [-0.39, 0.29) is 18.0 Å². The molecule has 1 aromatic heterocycles. The SMILES string of the molecule is Cc1nc(N)c(C#N)c(-c2ccc(OCC=C=O)cc2)c1C#N. The van der Waals surface area contributed by atoms with E-state index in [0.29, 0.717) is 28.1 Å². The van der Waals surface area contributed by atoms with Gasteiger partial charge in [0.05, 0.1) is 11.3 Å². The van der Waals surface area contributed by atoms with Crippen LogP contribution in [0.5, 0.6) is 5.75 Å². The molecule has 2 aromatic rings. The topological polar surface area (TPSA) is 113 Å². The van der Waals surface area contributed by atoms with Crippen molar-refractivity contribution >= 4 is 11.8 Å². The number of nitrogens with two attached hydrogens (primary N) is 1. The first-order chi connectivity index (χ1) is 11.1. The molecule has 2 rings (SSSR count). The van der Waals surface area contributed by atoms with Gasteiger partial charge in [-0.2, -0.15) is 10.5 Å². The largest absolute Gasteiger partial charge is 0.489 e. The van der Waals surface area contributed by atoms with Gasteiger partial charge in [-0.05, 0) is 24.6 Å². The number of carbonyl (C=O) groups excluding carboxylic acids is 1. The Kier molecular flexibility index (Phi) is 4.74. The number of aryl methyl sites for hydroxylation is 1. The van der Waals surface area contributed by atoms with Crippen molar-refractivity contribution in [2.24, 2.45) is 0 Å². The minimum Gasteiger partial charge on any atom is -0.489 e. The number of ether oxygens (including phenoxy) is 1. The fourth-order valence-electron chi connectivity index (χ4n) is 2.15. The van der Waals surface area contributed by atoms with E-state index in [1.54, 1.807) is 37.1 Å². The highest BCUT2D eigenvalue weighted by atomic mass is 16.5. The predicted molar refractivity (Wildman–Crippen MR) is 84.0 cm³/mol. The Morgan fingerprint density at radius 1 is 1.22 bits per heavy atom. The second kappa shape index (κ2) is 6.91. The second-order valence-electron chi connectivity index (χ2n) is 4.59. The van der Waals surface area contributed by atoms with Crippen LogP contribution in [-0.4, -0.2) is 17.5 Å². The number of anilines is 1. The van der Waals surface area contributed by atoms with Crippen molar-refractivity contribution in [3.05, 3.63) is 47.2 Å². The Balaban J connectivity index is 2.52. The lowest BCUT2D eigenvalue weighted by atomic mass is 9.95. The number of nitrogen functional groups attached to an aromatic ring is 1. The van der Waals surface area contributed by atoms with Crippen molar-refractivity contribution < 1.29 is 9.53 Å². The van der Waals surface area contributed by atoms with Crippen molar-refractivity contribution in [3.63, 3.8) is 0 Å². The van der Waals surface area contributed by atoms with Gasteiger partial charge in [0.25, 0.3) is 0 Å². The smallest absolute Gasteiger partial charge is 0.142 e. The van der Waals surface area contributed by atoms with Gasteiger partial charge in [0, 0.05) is 11.6 Å². The Morgan fingerprint density at radius 2 is 1.87 bits per heavy atom. The van der Waals surface area contributed by atoms with Crippen molar-refractivity contribution in [2.75, 3.05) is 12.3 Å². The molecule has 0 bridgehead atoms. The van der Waals surface area contributed by atoms with E-state index >= 15 is 0 Å². The van der Waals surface area contributed by atoms with Crippen molar-refractivity contribution in [1.29, 1.82) is 10.5 Å². The number of hydrogen-bond donors (Lipinski definition) is 1. The van der Waals surface area contributed by atoms with Crippen molar-refractivity contribution in [3.8, 4) is 29.0 Å². The highest BCUT2D eigenvalue weighted by molar-refractivity contribution is 5.81. The third kappa shape index (κ3) is 3.19. The lowest BCUT2D eigenvalue weighted by Crippen LogP contribution is -2.03. The number of aromatic nitrogens is 1. The average Bonchev–Trinajstić information content (AvgIpc) is 2.55. The highest BCUT2D eigenvalue weighted by Crippen LogP contribution is 2.32. The number of rotatable bonds is 4. The molecule has 0 saturated heterocycles. The molecule has 6 nitrogen and oxygen atoms in total. The maximum absolute atomic E-state index is 10.1. The predicted octanol–water partition coefficient (Wildman–Crippen LogP) is 2.15. The zero-order valence-electron chi connectivity index (χ0n) is 12.3. The van der Waals surface area contributed by atoms with Crippen LogP contribution in [0.2, 0.25) is 0 Å². The summed E-state index contributed by atoms with van der Waals surface area (Å²) in [6.45, 7) is 1.79. The fourth-order valence-corrected chi connectivity index (χ4v) is 2.15. The molecule has 0 saturated carbocycles. The first kappa shape index (κ1) is 15.8. The van der Waals surface area contributed by atoms with E-state index < -0.39 is 0 Å². The van der Waals surface area contributed by atoms with E-state index in [1.807, 2.05) is 6.07 Å². The van der Waals surface area contributed by atoms with Gasteiger partial charge in [-0.1, -0.05) is 12.1 Å². The van der Waals surface area contributed by atoms with E-state index in [1.165, 1.54) is 6.08 Å². The van der Waals surface area contributed by atoms with Crippen LogP contribution in [0.25, 0.3) is 11.1 Å². The molecule has 0 unspecified atom stereocenters. The summed E-state index contributed by atoms with van der Waals surface area (Å²) in [5.41, 5.74) is 7.87. The molecule has 0 aliphatic carbocycles. The fraction of sp³-hybridized carbons (Fsp3) is 0.118. The summed E-state index contributed by atoms with van der Waals surface area (Å²) in [6.07, 6.45) is 1.22. The summed E-state index contributed by atoms with van der Waals surface area (Å²) < 4.78 is 5.31. The third-order valence-electron chi connectivity index (χ3n) is 3.19. The van der Waals surface area contributed by atoms with Crippen LogP contribution in [0.1, 0.15) is 16.8 Å². The average molecular weight is 304 g/mol. The molecule has 1 aromatic carbocycles. The van der Waals surface area contributed by atoms with Gasteiger partial charge in [0.15, 0.2) is 0 Å². The normalized spacial score (nSPS) is 9.35. The second-order valence-corrected chi connectivity index (χ2v) is 4.59. The summed E-state index contributed by atoms with van der Waals surface area (Å²) in [4.78, 5) is 14.1. The van der Waals surface area contributed by atoms with E-state index in [2.05, 4.69) is 11.1 Å². The summed E-state index contributed by atoms with van der Waals surface area (Å²) in [5.74, 6) is 2.27. The minimum absolute atomic E-state index is 0.0930. The molecule has 6 heteroatoms. The molecule has 0 aliphatic heterocycles. The van der Waals surface area contributed by atoms with Gasteiger partial charge in [-0.3, -0.25) is 0 Å². The van der Waals surface area contributed by atoms with Crippen LogP contribution in [0.3, 0.4) is 0 Å². The van der Waals surface area contributed by atoms with Crippen LogP contribution in [0.4, 0.5) is 5.82 Å². The molecule has 1 heterocycles. The summed E-state index contributed by atoms with van der Waals surface area (Å²) in [6, 6.07) is 10.9. The number of pyridine rings is 1. The summed E-state index contributed by atoms with van der Waals surface area (Å²) in [7, 11) is 0. The maximum atomic E-state index is 10.1. The lowest BCUT2D eigenvalue weighted by molar-refractivity contribution is 0.363. The van der Waals surface area contributed by atoms with Gasteiger partial charge in [0.1, 0.15) is 41.8 Å². The monoisotopic (exact) mass is 304 g/mol. The lowest BCUT2D eigenvalue weighted by Gasteiger charge is -2.11. The summed E-state index contributed by atoms with van der Waals surface area (Å²) in [5, 5.41) is 18.7. The highest BCUT2D eigenvalue weighted by Gasteiger charge is 2.18. The molecular weight excluding hydrogens is 292 g/mol. The first-order valence-corrected chi connectivity index (χ1v) is 6.65. The zero-order chi connectivity index (χ0) is 16.8. The molecule has 0 fully saturated rings. The Labute approximate surface area is 133 Å². The van der Waals surface area contributed by atoms with Gasteiger partial charge in [-0.15, -0.1) is 0 Å². The molecule has 23 heavy (non-hydrogen) atoms. The van der Waals surface area contributed by atoms with Crippen molar-refractivity contribution in [2.45, 2.75) is 6.92 Å². The van der Waals surface area contributed by atoms with Gasteiger partial charge >= 0.3 is 0 Å². The molecule has 0 atom stereocenters. The van der Waals surface area contributed by atoms with Crippen LogP contribution in [0.15, 0.2) is 30.3 Å². The molecule has 0 spiro atoms. The van der Waals surface area contributed by atoms with Crippen LogP contribution < -0.4 is 10.5 Å². The van der Waals surface area contributed by atoms with Crippen LogP contribution >= 0.6 is 0 Å². The van der Waals surface area contributed by atoms with Gasteiger partial charge in [-0.25, -0.2) is 9.78 Å². The Morgan fingerprint density at radius 3 is 2.43 bits per heavy atom. The number of nitrogens with zero attached hydrogens (tertiary/aromatic N) is 3. The van der Waals surface area contributed by atoms with E-state index in [4.69, 9.17) is 10.5 Å². The molecule has 0 amide bonds. The van der Waals surface area contributed by atoms with Gasteiger partial charge < -0.3 is 10.5 Å². The Bertz CT molecular complexity index is 829. The zero-order valence-corrected chi connectivity index (χ0v) is 12.3. The molecule has 0 aliphatic rings. The van der Waals surface area contributed by atoms with Crippen LogP contribution in [0, 0.1) is 29.6 Å². The van der Waals surface area contributed by atoms with Crippen molar-refractivity contribution in [1.82, 2.24) is 4.98 Å². The minimum atomic E-state index is 0.0930. The standard InChI is InChI=1S/C17H12N4O2/c1-11-14(9-18)16(15(10-19)17(20)21-11)12-3-5-13(6-4-12)23-8-2-7-22/h2-6H,8H2,1H3,(H2,20,21). The number of nitriles is 2. The molecule has 0 radical (unpaired) electrons. The summed E-state index contributed by atoms with van der Waals surface area (Å²) >= 11 is 0. The molecule has 112 valence electrons. The number of benzene rings is 1. The van der Waals surface area contributed by atoms with Crippen LogP contribution in [-0.2, 0) is 4.79 Å². The number of hydrogen-bond acceptors (Lipinski definition) is 6. The molecule has 2 N–H and O–H groups in total. The quantitative estimate of drug-likeness (QED) is 0.866. The van der Waals surface area contributed by atoms with Gasteiger partial charge in [0.2, 0.25) is 0 Å². The third-order valence-corrected chi connectivity index (χ3v) is 3.19.